The summed E-state index contributed by atoms with van der Waals surface area (Å²) in [6, 6.07) is 11.4. The average Bonchev–Trinajstić information content (AvgIpc) is 2.75. The molecule has 0 aliphatic heterocycles. The first-order chi connectivity index (χ1) is 14.8. The highest BCUT2D eigenvalue weighted by molar-refractivity contribution is 8.00. The van der Waals surface area contributed by atoms with Crippen LogP contribution in [-0.2, 0) is 19.1 Å². The second kappa shape index (κ2) is 12.6. The van der Waals surface area contributed by atoms with E-state index in [9.17, 15) is 14.4 Å². The summed E-state index contributed by atoms with van der Waals surface area (Å²) in [6.07, 6.45) is -1.09. The highest BCUT2D eigenvalue weighted by Gasteiger charge is 2.22. The fraction of sp³-hybridized carbons (Fsp3) is 0.286. The lowest BCUT2D eigenvalue weighted by atomic mass is 10.2. The van der Waals surface area contributed by atoms with Crippen LogP contribution in [0.15, 0.2) is 47.4 Å². The Morgan fingerprint density at radius 2 is 1.87 bits per heavy atom. The highest BCUT2D eigenvalue weighted by atomic mass is 35.5. The Hall–Kier alpha value is -2.26. The molecule has 2 aromatic carbocycles. The lowest BCUT2D eigenvalue weighted by Gasteiger charge is -2.15. The summed E-state index contributed by atoms with van der Waals surface area (Å²) in [5.41, 5.74) is 0.579. The third kappa shape index (κ3) is 8.06. The summed E-state index contributed by atoms with van der Waals surface area (Å²) in [5, 5.41) is 6.00. The summed E-state index contributed by atoms with van der Waals surface area (Å²) in [6.45, 7) is 2.27. The number of ether oxygens (including phenoxy) is 2. The lowest BCUT2D eigenvalue weighted by Crippen LogP contribution is -2.30. The van der Waals surface area contributed by atoms with Gasteiger partial charge in [-0.2, -0.15) is 0 Å². The van der Waals surface area contributed by atoms with Crippen LogP contribution in [0.3, 0.4) is 0 Å². The minimum atomic E-state index is -1.09. The first kappa shape index (κ1) is 25.0. The molecule has 1 atom stereocenters. The summed E-state index contributed by atoms with van der Waals surface area (Å²) >= 11 is 13.2. The molecule has 0 aromatic heterocycles. The van der Waals surface area contributed by atoms with Crippen LogP contribution in [0.5, 0.6) is 0 Å². The van der Waals surface area contributed by atoms with Crippen molar-refractivity contribution in [2.75, 3.05) is 31.3 Å². The SMILES string of the molecule is COCCNC(=O)CSc1ccccc1C(=O)OC(C)C(=O)Nc1cc(Cl)ccc1Cl. The zero-order chi connectivity index (χ0) is 22.8. The van der Waals surface area contributed by atoms with Crippen molar-refractivity contribution in [1.82, 2.24) is 5.32 Å². The second-order valence-corrected chi connectivity index (χ2v) is 8.15. The van der Waals surface area contributed by atoms with Crippen molar-refractivity contribution in [2.45, 2.75) is 17.9 Å². The van der Waals surface area contributed by atoms with E-state index in [-0.39, 0.29) is 17.2 Å². The van der Waals surface area contributed by atoms with Crippen molar-refractivity contribution in [3.8, 4) is 0 Å². The molecule has 0 aliphatic carbocycles. The van der Waals surface area contributed by atoms with Crippen LogP contribution >= 0.6 is 35.0 Å². The third-order valence-corrected chi connectivity index (χ3v) is 5.57. The lowest BCUT2D eigenvalue weighted by molar-refractivity contribution is -0.123. The fourth-order valence-electron chi connectivity index (χ4n) is 2.35. The first-order valence-corrected chi connectivity index (χ1v) is 11.0. The van der Waals surface area contributed by atoms with Gasteiger partial charge in [-0.05, 0) is 37.3 Å². The molecule has 0 saturated carbocycles. The van der Waals surface area contributed by atoms with Gasteiger partial charge in [0.2, 0.25) is 5.91 Å². The number of nitrogens with one attached hydrogen (secondary N) is 2. The Labute approximate surface area is 194 Å². The number of methoxy groups -OCH3 is 1. The van der Waals surface area contributed by atoms with E-state index in [1.807, 2.05) is 0 Å². The van der Waals surface area contributed by atoms with E-state index < -0.39 is 18.0 Å². The van der Waals surface area contributed by atoms with E-state index in [1.54, 1.807) is 43.5 Å². The van der Waals surface area contributed by atoms with Crippen LogP contribution < -0.4 is 10.6 Å². The highest BCUT2D eigenvalue weighted by Crippen LogP contribution is 2.26. The molecule has 0 heterocycles. The second-order valence-electron chi connectivity index (χ2n) is 6.29. The third-order valence-electron chi connectivity index (χ3n) is 3.93. The molecule has 7 nitrogen and oxygen atoms in total. The molecule has 31 heavy (non-hydrogen) atoms. The number of thioether (sulfide) groups is 1. The molecule has 2 aromatic rings. The van der Waals surface area contributed by atoms with Crippen molar-refractivity contribution >= 4 is 58.4 Å². The van der Waals surface area contributed by atoms with Crippen molar-refractivity contribution in [3.63, 3.8) is 0 Å². The fourth-order valence-corrected chi connectivity index (χ4v) is 3.56. The number of benzene rings is 2. The molecular weight excluding hydrogens is 463 g/mol. The molecule has 0 aliphatic rings. The van der Waals surface area contributed by atoms with Gasteiger partial charge in [-0.25, -0.2) is 4.79 Å². The van der Waals surface area contributed by atoms with Gasteiger partial charge in [0, 0.05) is 23.6 Å². The molecular formula is C21H22Cl2N2O5S. The summed E-state index contributed by atoms with van der Waals surface area (Å²) in [4.78, 5) is 37.5. The minimum Gasteiger partial charge on any atom is -0.449 e. The van der Waals surface area contributed by atoms with Gasteiger partial charge in [0.05, 0.1) is 28.6 Å². The van der Waals surface area contributed by atoms with Crippen LogP contribution in [0.1, 0.15) is 17.3 Å². The summed E-state index contributed by atoms with van der Waals surface area (Å²) < 4.78 is 10.2. The molecule has 1 unspecified atom stereocenters. The van der Waals surface area contributed by atoms with Gasteiger partial charge in [0.1, 0.15) is 0 Å². The zero-order valence-corrected chi connectivity index (χ0v) is 19.3. The first-order valence-electron chi connectivity index (χ1n) is 9.26. The topological polar surface area (TPSA) is 93.7 Å². The number of rotatable bonds is 10. The molecule has 10 heteroatoms. The molecule has 0 saturated heterocycles. The van der Waals surface area contributed by atoms with E-state index >= 15 is 0 Å². The van der Waals surface area contributed by atoms with Gasteiger partial charge in [0.15, 0.2) is 6.10 Å². The van der Waals surface area contributed by atoms with E-state index in [4.69, 9.17) is 32.7 Å². The Morgan fingerprint density at radius 1 is 1.13 bits per heavy atom. The maximum absolute atomic E-state index is 12.6. The Kier molecular flexibility index (Phi) is 10.1. The number of halogens is 2. The van der Waals surface area contributed by atoms with Crippen LogP contribution in [0.4, 0.5) is 5.69 Å². The van der Waals surface area contributed by atoms with Gasteiger partial charge >= 0.3 is 5.97 Å². The van der Waals surface area contributed by atoms with Gasteiger partial charge in [-0.3, -0.25) is 9.59 Å². The average molecular weight is 485 g/mol. The molecule has 0 radical (unpaired) electrons. The molecule has 2 rings (SSSR count). The van der Waals surface area contributed by atoms with Gasteiger partial charge < -0.3 is 20.1 Å². The molecule has 166 valence electrons. The number of esters is 1. The number of hydrogen-bond acceptors (Lipinski definition) is 6. The number of carbonyl (C=O) groups is 3. The van der Waals surface area contributed by atoms with Crippen molar-refractivity contribution in [2.24, 2.45) is 0 Å². The number of carbonyl (C=O) groups excluding carboxylic acids is 3. The molecule has 0 fully saturated rings. The normalized spacial score (nSPS) is 11.5. The van der Waals surface area contributed by atoms with Gasteiger partial charge in [0.25, 0.3) is 5.91 Å². The summed E-state index contributed by atoms with van der Waals surface area (Å²) in [5.74, 6) is -1.30. The zero-order valence-electron chi connectivity index (χ0n) is 16.9. The van der Waals surface area contributed by atoms with E-state index in [1.165, 1.54) is 24.8 Å². The predicted molar refractivity (Wildman–Crippen MR) is 122 cm³/mol. The van der Waals surface area contributed by atoms with Crippen LogP contribution in [-0.4, -0.2) is 49.9 Å². The summed E-state index contributed by atoms with van der Waals surface area (Å²) in [7, 11) is 1.55. The van der Waals surface area contributed by atoms with Crippen LogP contribution in [0.2, 0.25) is 10.0 Å². The molecule has 2 N–H and O–H groups in total. The molecule has 2 amide bonds. The minimum absolute atomic E-state index is 0.122. The number of anilines is 1. The van der Waals surface area contributed by atoms with Gasteiger partial charge in [-0.1, -0.05) is 35.3 Å². The number of amides is 2. The predicted octanol–water partition coefficient (Wildman–Crippen LogP) is 4.03. The smallest absolute Gasteiger partial charge is 0.340 e. The van der Waals surface area contributed by atoms with E-state index in [2.05, 4.69) is 10.6 Å². The van der Waals surface area contributed by atoms with Crippen LogP contribution in [0, 0.1) is 0 Å². The maximum Gasteiger partial charge on any atom is 0.340 e. The monoisotopic (exact) mass is 484 g/mol. The molecule has 0 bridgehead atoms. The Bertz CT molecular complexity index is 942. The van der Waals surface area contributed by atoms with Crippen molar-refractivity contribution < 1.29 is 23.9 Å². The van der Waals surface area contributed by atoms with E-state index in [0.717, 1.165) is 0 Å². The standard InChI is InChI=1S/C21H22Cl2N2O5S/c1-13(20(27)25-17-11-14(22)7-8-16(17)23)30-21(28)15-5-3-4-6-18(15)31-12-19(26)24-9-10-29-2/h3-8,11,13H,9-10,12H2,1-2H3,(H,24,26)(H,25,27). The van der Waals surface area contributed by atoms with Crippen molar-refractivity contribution in [3.05, 3.63) is 58.1 Å². The van der Waals surface area contributed by atoms with Crippen molar-refractivity contribution in [1.29, 1.82) is 0 Å². The van der Waals surface area contributed by atoms with E-state index in [0.29, 0.717) is 33.8 Å². The van der Waals surface area contributed by atoms with Gasteiger partial charge in [-0.15, -0.1) is 11.8 Å². The number of hydrogen-bond donors (Lipinski definition) is 2. The Morgan fingerprint density at radius 3 is 2.61 bits per heavy atom. The van der Waals surface area contributed by atoms with Crippen LogP contribution in [0.25, 0.3) is 0 Å². The quantitative estimate of drug-likeness (QED) is 0.300. The largest absolute Gasteiger partial charge is 0.449 e. The Balaban J connectivity index is 1.97. The molecule has 0 spiro atoms. The maximum atomic E-state index is 12.6.